The van der Waals surface area contributed by atoms with Crippen LogP contribution in [0.3, 0.4) is 0 Å². The van der Waals surface area contributed by atoms with E-state index in [1.54, 1.807) is 36.3 Å². The van der Waals surface area contributed by atoms with E-state index in [4.69, 9.17) is 27.9 Å². The minimum absolute atomic E-state index is 0.0719. The number of benzene rings is 2. The molecule has 1 amide bonds. The van der Waals surface area contributed by atoms with Crippen LogP contribution < -0.4 is 5.32 Å². The summed E-state index contributed by atoms with van der Waals surface area (Å²) in [4.78, 5) is 14.6. The number of hydrogen-bond acceptors (Lipinski definition) is 3. The van der Waals surface area contributed by atoms with Crippen LogP contribution in [0, 0.1) is 0 Å². The lowest BCUT2D eigenvalue weighted by Gasteiger charge is -2.38. The molecule has 23 heavy (non-hydrogen) atoms. The number of fused-ring (bicyclic) bond motifs is 1. The normalized spacial score (nSPS) is 16.9. The fourth-order valence-electron chi connectivity index (χ4n) is 2.71. The third-order valence-electron chi connectivity index (χ3n) is 3.83. The summed E-state index contributed by atoms with van der Waals surface area (Å²) in [7, 11) is 1.60. The molecule has 4 nitrogen and oxygen atoms in total. The van der Waals surface area contributed by atoms with Crippen LogP contribution in [0.25, 0.3) is 0 Å². The molecule has 1 heterocycles. The Kier molecular flexibility index (Phi) is 4.76. The third-order valence-corrected chi connectivity index (χ3v) is 4.49. The number of hydrogen-bond donors (Lipinski definition) is 1. The molecule has 2 aromatic carbocycles. The number of ether oxygens (including phenoxy) is 1. The van der Waals surface area contributed by atoms with E-state index in [1.807, 2.05) is 18.2 Å². The molecule has 0 saturated heterocycles. The average molecular weight is 351 g/mol. The number of carbonyl (C=O) groups is 1. The van der Waals surface area contributed by atoms with Crippen molar-refractivity contribution in [2.24, 2.45) is 0 Å². The SMILES string of the molecule is COCCN1C(=O)c2ccccc2N[C@H]1c1c(Cl)cccc1Cl. The quantitative estimate of drug-likeness (QED) is 0.897. The van der Waals surface area contributed by atoms with E-state index < -0.39 is 6.17 Å². The highest BCUT2D eigenvalue weighted by Gasteiger charge is 2.34. The van der Waals surface area contributed by atoms with E-state index in [-0.39, 0.29) is 5.91 Å². The number of rotatable bonds is 4. The predicted octanol–water partition coefficient (Wildman–Crippen LogP) is 4.21. The Bertz CT molecular complexity index is 716. The Balaban J connectivity index is 2.08. The molecule has 1 N–H and O–H groups in total. The predicted molar refractivity (Wildman–Crippen MR) is 92.2 cm³/mol. The van der Waals surface area contributed by atoms with Gasteiger partial charge in [-0.1, -0.05) is 41.4 Å². The Morgan fingerprint density at radius 3 is 2.52 bits per heavy atom. The van der Waals surface area contributed by atoms with Gasteiger partial charge in [-0.3, -0.25) is 4.79 Å². The number of nitrogens with one attached hydrogen (secondary N) is 1. The van der Waals surface area contributed by atoms with Gasteiger partial charge in [0, 0.05) is 35.0 Å². The van der Waals surface area contributed by atoms with E-state index >= 15 is 0 Å². The van der Waals surface area contributed by atoms with Crippen LogP contribution in [0.1, 0.15) is 22.1 Å². The first-order chi connectivity index (χ1) is 11.1. The molecule has 0 unspecified atom stereocenters. The summed E-state index contributed by atoms with van der Waals surface area (Å²) >= 11 is 12.7. The number of halogens is 2. The Morgan fingerprint density at radius 2 is 1.83 bits per heavy atom. The summed E-state index contributed by atoms with van der Waals surface area (Å²) in [6.45, 7) is 0.858. The van der Waals surface area contributed by atoms with Crippen molar-refractivity contribution in [3.8, 4) is 0 Å². The first-order valence-corrected chi connectivity index (χ1v) is 7.98. The standard InChI is InChI=1S/C17H16Cl2N2O2/c1-23-10-9-21-16(15-12(18)6-4-7-13(15)19)20-14-8-3-2-5-11(14)17(21)22/h2-8,16,20H,9-10H2,1H3/t16-/m1/s1. The molecular weight excluding hydrogens is 335 g/mol. The molecule has 0 aliphatic carbocycles. The average Bonchev–Trinajstić information content (AvgIpc) is 2.54. The number of para-hydroxylation sites is 1. The van der Waals surface area contributed by atoms with E-state index in [0.29, 0.717) is 34.3 Å². The van der Waals surface area contributed by atoms with Crippen molar-refractivity contribution in [2.45, 2.75) is 6.17 Å². The molecule has 2 aromatic rings. The van der Waals surface area contributed by atoms with Crippen LogP contribution in [0.5, 0.6) is 0 Å². The maximum absolute atomic E-state index is 12.9. The van der Waals surface area contributed by atoms with Gasteiger partial charge in [-0.05, 0) is 24.3 Å². The van der Waals surface area contributed by atoms with Crippen molar-refractivity contribution in [1.82, 2.24) is 4.90 Å². The Morgan fingerprint density at radius 1 is 1.13 bits per heavy atom. The zero-order chi connectivity index (χ0) is 16.4. The second-order valence-electron chi connectivity index (χ2n) is 5.22. The fraction of sp³-hybridized carbons (Fsp3) is 0.235. The van der Waals surface area contributed by atoms with E-state index in [2.05, 4.69) is 5.32 Å². The number of anilines is 1. The molecule has 0 aromatic heterocycles. The van der Waals surface area contributed by atoms with Gasteiger partial charge in [0.15, 0.2) is 0 Å². The monoisotopic (exact) mass is 350 g/mol. The zero-order valence-electron chi connectivity index (χ0n) is 12.6. The van der Waals surface area contributed by atoms with Crippen LogP contribution in [0.2, 0.25) is 10.0 Å². The molecule has 3 rings (SSSR count). The minimum Gasteiger partial charge on any atom is -0.383 e. The van der Waals surface area contributed by atoms with Gasteiger partial charge in [0.05, 0.1) is 12.2 Å². The zero-order valence-corrected chi connectivity index (χ0v) is 14.1. The largest absolute Gasteiger partial charge is 0.383 e. The molecule has 0 bridgehead atoms. The first kappa shape index (κ1) is 16.1. The molecule has 0 saturated carbocycles. The van der Waals surface area contributed by atoms with Crippen molar-refractivity contribution < 1.29 is 9.53 Å². The number of amides is 1. The third kappa shape index (κ3) is 3.02. The lowest BCUT2D eigenvalue weighted by Crippen LogP contribution is -2.44. The molecule has 1 atom stereocenters. The summed E-state index contributed by atoms with van der Waals surface area (Å²) in [6.07, 6.45) is -0.436. The highest BCUT2D eigenvalue weighted by atomic mass is 35.5. The topological polar surface area (TPSA) is 41.6 Å². The lowest BCUT2D eigenvalue weighted by molar-refractivity contribution is 0.0609. The van der Waals surface area contributed by atoms with E-state index in [1.165, 1.54) is 0 Å². The summed E-state index contributed by atoms with van der Waals surface area (Å²) in [5.41, 5.74) is 2.09. The molecular formula is C17H16Cl2N2O2. The molecule has 120 valence electrons. The van der Waals surface area contributed by atoms with Crippen LogP contribution in [0.15, 0.2) is 42.5 Å². The van der Waals surface area contributed by atoms with Gasteiger partial charge in [-0.15, -0.1) is 0 Å². The minimum atomic E-state index is -0.436. The van der Waals surface area contributed by atoms with Gasteiger partial charge in [0.1, 0.15) is 6.17 Å². The maximum Gasteiger partial charge on any atom is 0.257 e. The van der Waals surface area contributed by atoms with Gasteiger partial charge in [-0.2, -0.15) is 0 Å². The summed E-state index contributed by atoms with van der Waals surface area (Å²) in [5.74, 6) is -0.0719. The van der Waals surface area contributed by atoms with Crippen LogP contribution >= 0.6 is 23.2 Å². The van der Waals surface area contributed by atoms with Crippen molar-refractivity contribution in [1.29, 1.82) is 0 Å². The molecule has 0 spiro atoms. The molecule has 0 radical (unpaired) electrons. The maximum atomic E-state index is 12.9. The highest BCUT2D eigenvalue weighted by molar-refractivity contribution is 6.36. The van der Waals surface area contributed by atoms with Crippen molar-refractivity contribution in [2.75, 3.05) is 25.6 Å². The number of carbonyl (C=O) groups excluding carboxylic acids is 1. The van der Waals surface area contributed by atoms with E-state index in [9.17, 15) is 4.79 Å². The van der Waals surface area contributed by atoms with Crippen LogP contribution in [-0.4, -0.2) is 31.1 Å². The smallest absolute Gasteiger partial charge is 0.257 e. The second-order valence-corrected chi connectivity index (χ2v) is 6.03. The van der Waals surface area contributed by atoms with Crippen LogP contribution in [0.4, 0.5) is 5.69 Å². The van der Waals surface area contributed by atoms with Gasteiger partial charge in [0.25, 0.3) is 5.91 Å². The lowest BCUT2D eigenvalue weighted by atomic mass is 10.0. The molecule has 0 fully saturated rings. The Hall–Kier alpha value is -1.75. The molecule has 6 heteroatoms. The Labute approximate surface area is 144 Å². The molecule has 1 aliphatic rings. The summed E-state index contributed by atoms with van der Waals surface area (Å²) in [5, 5.41) is 4.40. The number of methoxy groups -OCH3 is 1. The fourth-order valence-corrected chi connectivity index (χ4v) is 3.32. The summed E-state index contributed by atoms with van der Waals surface area (Å²) < 4.78 is 5.14. The molecule has 1 aliphatic heterocycles. The highest BCUT2D eigenvalue weighted by Crippen LogP contribution is 2.38. The van der Waals surface area contributed by atoms with E-state index in [0.717, 1.165) is 5.69 Å². The number of nitrogens with zero attached hydrogens (tertiary/aromatic N) is 1. The van der Waals surface area contributed by atoms with Crippen molar-refractivity contribution in [3.05, 3.63) is 63.6 Å². The van der Waals surface area contributed by atoms with Crippen molar-refractivity contribution in [3.63, 3.8) is 0 Å². The van der Waals surface area contributed by atoms with Gasteiger partial charge < -0.3 is 15.0 Å². The van der Waals surface area contributed by atoms with Gasteiger partial charge in [-0.25, -0.2) is 0 Å². The van der Waals surface area contributed by atoms with Gasteiger partial charge >= 0.3 is 0 Å². The first-order valence-electron chi connectivity index (χ1n) is 7.23. The van der Waals surface area contributed by atoms with Gasteiger partial charge in [0.2, 0.25) is 0 Å². The second kappa shape index (κ2) is 6.79. The summed E-state index contributed by atoms with van der Waals surface area (Å²) in [6, 6.07) is 12.7. The van der Waals surface area contributed by atoms with Crippen LogP contribution in [-0.2, 0) is 4.74 Å². The van der Waals surface area contributed by atoms with Crippen molar-refractivity contribution >= 4 is 34.8 Å².